The molecule has 0 aliphatic heterocycles. The number of fused-ring (bicyclic) bond motifs is 1. The third-order valence-electron chi connectivity index (χ3n) is 3.94. The monoisotopic (exact) mass is 330 g/mol. The summed E-state index contributed by atoms with van der Waals surface area (Å²) >= 11 is 0. The fourth-order valence-corrected chi connectivity index (χ4v) is 2.65. The molecule has 0 bridgehead atoms. The number of aryl methyl sites for hydroxylation is 2. The number of rotatable bonds is 2. The third-order valence-corrected chi connectivity index (χ3v) is 3.94. The zero-order chi connectivity index (χ0) is 17.6. The Labute approximate surface area is 135 Å². The van der Waals surface area contributed by atoms with Crippen molar-refractivity contribution in [3.8, 4) is 0 Å². The van der Waals surface area contributed by atoms with Crippen molar-refractivity contribution in [3.63, 3.8) is 0 Å². The lowest BCUT2D eigenvalue weighted by Gasteiger charge is -2.15. The minimum absolute atomic E-state index is 0.200. The van der Waals surface area contributed by atoms with Crippen LogP contribution in [0.5, 0.6) is 0 Å². The molecule has 0 unspecified atom stereocenters. The molecule has 0 atom stereocenters. The second kappa shape index (κ2) is 5.48. The Morgan fingerprint density at radius 3 is 2.17 bits per heavy atom. The number of benzene rings is 1. The topological polar surface area (TPSA) is 78.0 Å². The summed E-state index contributed by atoms with van der Waals surface area (Å²) in [6.45, 7) is 0. The van der Waals surface area contributed by atoms with Crippen molar-refractivity contribution in [1.82, 2.24) is 13.7 Å². The van der Waals surface area contributed by atoms with Gasteiger partial charge >= 0.3 is 5.69 Å². The summed E-state index contributed by atoms with van der Waals surface area (Å²) in [5.41, 5.74) is -0.442. The maximum absolute atomic E-state index is 13.0. The average Bonchev–Trinajstić information content (AvgIpc) is 2.56. The lowest BCUT2D eigenvalue weighted by atomic mass is 10.2. The van der Waals surface area contributed by atoms with Gasteiger partial charge < -0.3 is 5.32 Å². The van der Waals surface area contributed by atoms with Crippen molar-refractivity contribution in [1.29, 1.82) is 0 Å². The molecule has 3 rings (SSSR count). The Kier molecular flexibility index (Phi) is 3.59. The van der Waals surface area contributed by atoms with Gasteiger partial charge in [0.05, 0.1) is 5.69 Å². The van der Waals surface area contributed by atoms with Gasteiger partial charge in [0.1, 0.15) is 16.9 Å². The van der Waals surface area contributed by atoms with Crippen LogP contribution in [0.1, 0.15) is 0 Å². The molecular weight excluding hydrogens is 315 g/mol. The van der Waals surface area contributed by atoms with Crippen molar-refractivity contribution in [2.45, 2.75) is 0 Å². The Balaban J connectivity index is 2.39. The average molecular weight is 330 g/mol. The largest absolute Gasteiger partial charge is 0.355 e. The molecule has 8 heteroatoms. The molecule has 7 nitrogen and oxygen atoms in total. The number of aromatic nitrogens is 3. The number of anilines is 2. The third kappa shape index (κ3) is 2.32. The molecule has 0 radical (unpaired) electrons. The predicted octanol–water partition coefficient (Wildman–Crippen LogP) is 0.819. The number of pyridine rings is 1. The van der Waals surface area contributed by atoms with E-state index in [1.54, 1.807) is 0 Å². The minimum atomic E-state index is -0.526. The van der Waals surface area contributed by atoms with E-state index in [0.717, 1.165) is 4.57 Å². The van der Waals surface area contributed by atoms with Gasteiger partial charge in [0.15, 0.2) is 0 Å². The smallest absolute Gasteiger partial charge is 0.332 e. The molecule has 3 aromatic rings. The van der Waals surface area contributed by atoms with E-state index in [9.17, 15) is 18.8 Å². The van der Waals surface area contributed by atoms with E-state index < -0.39 is 17.1 Å². The maximum atomic E-state index is 13.0. The normalized spacial score (nSPS) is 11.0. The van der Waals surface area contributed by atoms with Crippen molar-refractivity contribution in [3.05, 3.63) is 67.3 Å². The molecule has 0 fully saturated rings. The molecule has 0 amide bonds. The molecule has 0 aliphatic carbocycles. The molecule has 0 aliphatic rings. The second-order valence-corrected chi connectivity index (χ2v) is 5.49. The number of nitrogens with zero attached hydrogens (tertiary/aromatic N) is 3. The first kappa shape index (κ1) is 15.7. The van der Waals surface area contributed by atoms with Crippen molar-refractivity contribution in [2.24, 2.45) is 21.1 Å². The molecule has 0 saturated carbocycles. The second-order valence-electron chi connectivity index (χ2n) is 5.49. The van der Waals surface area contributed by atoms with E-state index in [1.807, 2.05) is 0 Å². The Morgan fingerprint density at radius 1 is 0.917 bits per heavy atom. The van der Waals surface area contributed by atoms with Crippen molar-refractivity contribution >= 4 is 22.4 Å². The molecule has 24 heavy (non-hydrogen) atoms. The molecule has 1 aromatic carbocycles. The van der Waals surface area contributed by atoms with E-state index in [-0.39, 0.29) is 22.3 Å². The van der Waals surface area contributed by atoms with Crippen LogP contribution in [-0.4, -0.2) is 13.7 Å². The van der Waals surface area contributed by atoms with E-state index in [2.05, 4.69) is 5.32 Å². The van der Waals surface area contributed by atoms with Crippen molar-refractivity contribution < 1.29 is 4.39 Å². The maximum Gasteiger partial charge on any atom is 0.332 e. The van der Waals surface area contributed by atoms with Crippen LogP contribution >= 0.6 is 0 Å². The van der Waals surface area contributed by atoms with Gasteiger partial charge in [0.2, 0.25) is 0 Å². The number of hydrogen-bond acceptors (Lipinski definition) is 4. The van der Waals surface area contributed by atoms with E-state index in [4.69, 9.17) is 0 Å². The number of hydrogen-bond donors (Lipinski definition) is 1. The van der Waals surface area contributed by atoms with Crippen LogP contribution in [0.2, 0.25) is 0 Å². The van der Waals surface area contributed by atoms with Gasteiger partial charge in [-0.1, -0.05) is 0 Å². The summed E-state index contributed by atoms with van der Waals surface area (Å²) in [6.07, 6.45) is 0. The molecule has 0 saturated heterocycles. The first-order valence-corrected chi connectivity index (χ1v) is 7.13. The van der Waals surface area contributed by atoms with Gasteiger partial charge in [0, 0.05) is 32.9 Å². The molecule has 1 N–H and O–H groups in total. The molecular formula is C16H15FN4O3. The fourth-order valence-electron chi connectivity index (χ4n) is 2.65. The van der Waals surface area contributed by atoms with E-state index in [1.165, 1.54) is 60.6 Å². The van der Waals surface area contributed by atoms with Gasteiger partial charge in [-0.15, -0.1) is 0 Å². The lowest BCUT2D eigenvalue weighted by Crippen LogP contribution is -2.39. The zero-order valence-electron chi connectivity index (χ0n) is 13.3. The lowest BCUT2D eigenvalue weighted by molar-refractivity contribution is 0.628. The highest BCUT2D eigenvalue weighted by molar-refractivity contribution is 5.90. The predicted molar refractivity (Wildman–Crippen MR) is 89.4 cm³/mol. The van der Waals surface area contributed by atoms with Crippen LogP contribution in [0.15, 0.2) is 44.7 Å². The van der Waals surface area contributed by atoms with Crippen LogP contribution in [0.25, 0.3) is 11.0 Å². The number of halogens is 1. The SMILES string of the molecule is Cn1c(=O)c2c(Nc3ccc(F)cc3)cc(=O)n(C)c2n(C)c1=O. The summed E-state index contributed by atoms with van der Waals surface area (Å²) in [6, 6.07) is 6.78. The summed E-state index contributed by atoms with van der Waals surface area (Å²) in [5, 5.41) is 3.15. The van der Waals surface area contributed by atoms with Crippen LogP contribution in [-0.2, 0) is 21.1 Å². The van der Waals surface area contributed by atoms with Crippen LogP contribution < -0.4 is 22.1 Å². The first-order valence-electron chi connectivity index (χ1n) is 7.13. The summed E-state index contributed by atoms with van der Waals surface area (Å²) in [4.78, 5) is 36.9. The first-order chi connectivity index (χ1) is 11.3. The standard InChI is InChI=1S/C16H15FN4O3/c1-19-12(22)8-11(18-10-6-4-9(17)5-7-10)13-14(19)20(2)16(24)21(3)15(13)23/h4-8,18H,1-3H3. The highest BCUT2D eigenvalue weighted by atomic mass is 19.1. The molecule has 2 heterocycles. The summed E-state index contributed by atoms with van der Waals surface area (Å²) < 4.78 is 16.5. The van der Waals surface area contributed by atoms with Gasteiger partial charge in [0.25, 0.3) is 11.1 Å². The van der Waals surface area contributed by atoms with E-state index in [0.29, 0.717) is 5.69 Å². The fraction of sp³-hybridized carbons (Fsp3) is 0.188. The number of nitrogens with one attached hydrogen (secondary N) is 1. The summed E-state index contributed by atoms with van der Waals surface area (Å²) in [7, 11) is 4.35. The van der Waals surface area contributed by atoms with Crippen LogP contribution in [0.3, 0.4) is 0 Å². The van der Waals surface area contributed by atoms with Gasteiger partial charge in [-0.3, -0.25) is 23.3 Å². The van der Waals surface area contributed by atoms with Gasteiger partial charge in [-0.25, -0.2) is 9.18 Å². The van der Waals surface area contributed by atoms with Crippen LogP contribution in [0, 0.1) is 5.82 Å². The highest BCUT2D eigenvalue weighted by Crippen LogP contribution is 2.21. The Hall–Kier alpha value is -3.16. The van der Waals surface area contributed by atoms with Crippen molar-refractivity contribution in [2.75, 3.05) is 5.32 Å². The van der Waals surface area contributed by atoms with Crippen LogP contribution in [0.4, 0.5) is 15.8 Å². The summed E-state index contributed by atoms with van der Waals surface area (Å²) in [5.74, 6) is -0.396. The Morgan fingerprint density at radius 2 is 1.54 bits per heavy atom. The Bertz CT molecular complexity index is 1120. The highest BCUT2D eigenvalue weighted by Gasteiger charge is 2.16. The van der Waals surface area contributed by atoms with Gasteiger partial charge in [-0.2, -0.15) is 0 Å². The minimum Gasteiger partial charge on any atom is -0.355 e. The molecule has 124 valence electrons. The molecule has 0 spiro atoms. The molecule has 2 aromatic heterocycles. The quantitative estimate of drug-likeness (QED) is 0.754. The zero-order valence-corrected chi connectivity index (χ0v) is 13.3. The van der Waals surface area contributed by atoms with E-state index >= 15 is 0 Å². The van der Waals surface area contributed by atoms with Gasteiger partial charge in [-0.05, 0) is 24.3 Å².